The molecule has 0 fully saturated rings. The van der Waals surface area contributed by atoms with Gasteiger partial charge in [0.2, 0.25) is 0 Å². The van der Waals surface area contributed by atoms with Gasteiger partial charge in [0.05, 0.1) is 4.90 Å². The minimum Gasteiger partial charge on any atom is -0.484 e. The maximum absolute atomic E-state index is 11.9. The molecule has 5 nitrogen and oxygen atoms in total. The van der Waals surface area contributed by atoms with Crippen LogP contribution in [0.1, 0.15) is 17.5 Å². The lowest BCUT2D eigenvalue weighted by atomic mass is 10.1. The van der Waals surface area contributed by atoms with Crippen LogP contribution in [0.3, 0.4) is 0 Å². The summed E-state index contributed by atoms with van der Waals surface area (Å²) in [5.41, 5.74) is 3.19. The summed E-state index contributed by atoms with van der Waals surface area (Å²) >= 11 is 0. The molecule has 0 unspecified atom stereocenters. The van der Waals surface area contributed by atoms with Gasteiger partial charge in [0, 0.05) is 11.9 Å². The minimum absolute atomic E-state index is 0.0907. The van der Waals surface area contributed by atoms with E-state index in [2.05, 4.69) is 11.4 Å². The first kappa shape index (κ1) is 16.5. The zero-order chi connectivity index (χ0) is 17.2. The number of carbonyl (C=O) groups excluding carboxylic acids is 1. The number of carbonyl (C=O) groups is 1. The van der Waals surface area contributed by atoms with Gasteiger partial charge in [0.25, 0.3) is 5.91 Å². The highest BCUT2D eigenvalue weighted by atomic mass is 32.2. The molecule has 0 aromatic heterocycles. The highest BCUT2D eigenvalue weighted by Crippen LogP contribution is 2.26. The van der Waals surface area contributed by atoms with Gasteiger partial charge >= 0.3 is 0 Å². The van der Waals surface area contributed by atoms with E-state index in [-0.39, 0.29) is 17.4 Å². The SMILES string of the molecule is CS(=O)(=O)c1ccc(NC(=O)COc2ccc3c(c2)CCC3)cc1. The normalized spacial score (nSPS) is 13.4. The lowest BCUT2D eigenvalue weighted by Gasteiger charge is -2.09. The molecule has 6 heteroatoms. The van der Waals surface area contributed by atoms with Crippen molar-refractivity contribution in [2.75, 3.05) is 18.2 Å². The molecule has 1 aliphatic carbocycles. The first-order chi connectivity index (χ1) is 11.4. The smallest absolute Gasteiger partial charge is 0.262 e. The lowest BCUT2D eigenvalue weighted by molar-refractivity contribution is -0.118. The monoisotopic (exact) mass is 345 g/mol. The van der Waals surface area contributed by atoms with Gasteiger partial charge in [0.15, 0.2) is 16.4 Å². The maximum atomic E-state index is 11.9. The Bertz CT molecular complexity index is 857. The van der Waals surface area contributed by atoms with Gasteiger partial charge in [0.1, 0.15) is 5.75 Å². The van der Waals surface area contributed by atoms with E-state index in [9.17, 15) is 13.2 Å². The van der Waals surface area contributed by atoms with Crippen molar-refractivity contribution in [2.24, 2.45) is 0 Å². The predicted molar refractivity (Wildman–Crippen MR) is 92.1 cm³/mol. The molecule has 24 heavy (non-hydrogen) atoms. The number of ether oxygens (including phenoxy) is 1. The lowest BCUT2D eigenvalue weighted by Crippen LogP contribution is -2.20. The minimum atomic E-state index is -3.24. The van der Waals surface area contributed by atoms with Crippen LogP contribution in [-0.2, 0) is 27.5 Å². The van der Waals surface area contributed by atoms with Crippen molar-refractivity contribution in [2.45, 2.75) is 24.2 Å². The zero-order valence-electron chi connectivity index (χ0n) is 13.4. The van der Waals surface area contributed by atoms with Crippen molar-refractivity contribution in [1.29, 1.82) is 0 Å². The van der Waals surface area contributed by atoms with Crippen molar-refractivity contribution in [3.63, 3.8) is 0 Å². The van der Waals surface area contributed by atoms with Crippen LogP contribution >= 0.6 is 0 Å². The number of amides is 1. The Hall–Kier alpha value is -2.34. The first-order valence-electron chi connectivity index (χ1n) is 7.76. The van der Waals surface area contributed by atoms with E-state index in [1.54, 1.807) is 12.1 Å². The van der Waals surface area contributed by atoms with E-state index in [1.165, 1.54) is 29.7 Å². The van der Waals surface area contributed by atoms with E-state index in [0.717, 1.165) is 19.1 Å². The molecule has 0 spiro atoms. The number of hydrogen-bond donors (Lipinski definition) is 1. The van der Waals surface area contributed by atoms with E-state index in [4.69, 9.17) is 4.74 Å². The van der Waals surface area contributed by atoms with Crippen molar-refractivity contribution >= 4 is 21.4 Å². The Labute approximate surface area is 141 Å². The molecule has 0 saturated carbocycles. The zero-order valence-corrected chi connectivity index (χ0v) is 14.2. The molecule has 2 aromatic carbocycles. The molecule has 0 aliphatic heterocycles. The Kier molecular flexibility index (Phi) is 4.57. The topological polar surface area (TPSA) is 72.5 Å². The summed E-state index contributed by atoms with van der Waals surface area (Å²) in [5, 5.41) is 2.68. The second-order valence-electron chi connectivity index (χ2n) is 5.92. The molecule has 0 saturated heterocycles. The molecule has 0 heterocycles. The van der Waals surface area contributed by atoms with Gasteiger partial charge in [-0.05, 0) is 66.8 Å². The molecule has 0 bridgehead atoms. The number of fused-ring (bicyclic) bond motifs is 1. The van der Waals surface area contributed by atoms with Gasteiger partial charge in [-0.25, -0.2) is 8.42 Å². The quantitative estimate of drug-likeness (QED) is 0.904. The second kappa shape index (κ2) is 6.65. The number of aryl methyl sites for hydroxylation is 2. The summed E-state index contributed by atoms with van der Waals surface area (Å²) in [4.78, 5) is 12.2. The maximum Gasteiger partial charge on any atom is 0.262 e. The third-order valence-electron chi connectivity index (χ3n) is 4.01. The van der Waals surface area contributed by atoms with Crippen LogP contribution in [0.25, 0.3) is 0 Å². The van der Waals surface area contributed by atoms with Crippen molar-refractivity contribution in [3.8, 4) is 5.75 Å². The average Bonchev–Trinajstić information content (AvgIpc) is 3.00. The van der Waals surface area contributed by atoms with Crippen molar-refractivity contribution in [1.82, 2.24) is 0 Å². The fourth-order valence-corrected chi connectivity index (χ4v) is 3.40. The first-order valence-corrected chi connectivity index (χ1v) is 9.65. The van der Waals surface area contributed by atoms with Gasteiger partial charge in [-0.2, -0.15) is 0 Å². The molecular formula is C18H19NO4S. The number of rotatable bonds is 5. The molecule has 126 valence electrons. The van der Waals surface area contributed by atoms with Gasteiger partial charge in [-0.15, -0.1) is 0 Å². The number of nitrogens with one attached hydrogen (secondary N) is 1. The number of benzene rings is 2. The molecule has 0 radical (unpaired) electrons. The van der Waals surface area contributed by atoms with Crippen LogP contribution in [0.4, 0.5) is 5.69 Å². The highest BCUT2D eigenvalue weighted by molar-refractivity contribution is 7.90. The fraction of sp³-hybridized carbons (Fsp3) is 0.278. The van der Waals surface area contributed by atoms with Crippen molar-refractivity contribution in [3.05, 3.63) is 53.6 Å². The van der Waals surface area contributed by atoms with Crippen LogP contribution in [0, 0.1) is 0 Å². The third kappa shape index (κ3) is 3.94. The average molecular weight is 345 g/mol. The van der Waals surface area contributed by atoms with Crippen molar-refractivity contribution < 1.29 is 17.9 Å². The molecule has 0 atom stereocenters. The highest BCUT2D eigenvalue weighted by Gasteiger charge is 2.12. The van der Waals surface area contributed by atoms with Crippen LogP contribution < -0.4 is 10.1 Å². The van der Waals surface area contributed by atoms with E-state index >= 15 is 0 Å². The molecular weight excluding hydrogens is 326 g/mol. The summed E-state index contributed by atoms with van der Waals surface area (Å²) in [6.45, 7) is -0.0907. The predicted octanol–water partition coefficient (Wildman–Crippen LogP) is 2.60. The van der Waals surface area contributed by atoms with Crippen LogP contribution in [0.5, 0.6) is 5.75 Å². The summed E-state index contributed by atoms with van der Waals surface area (Å²) < 4.78 is 28.3. The standard InChI is InChI=1S/C18H19NO4S/c1-24(21,22)17-9-6-15(7-10-17)19-18(20)12-23-16-8-5-13-3-2-4-14(13)11-16/h5-11H,2-4,12H2,1H3,(H,19,20). The molecule has 3 rings (SSSR count). The van der Waals surface area contributed by atoms with E-state index in [0.29, 0.717) is 11.4 Å². The number of anilines is 1. The molecule has 1 aliphatic rings. The van der Waals surface area contributed by atoms with E-state index in [1.807, 2.05) is 12.1 Å². The van der Waals surface area contributed by atoms with Gasteiger partial charge in [-0.3, -0.25) is 4.79 Å². The molecule has 1 amide bonds. The van der Waals surface area contributed by atoms with Crippen LogP contribution in [0.2, 0.25) is 0 Å². The Morgan fingerprint density at radius 1 is 1.08 bits per heavy atom. The summed E-state index contributed by atoms with van der Waals surface area (Å²) in [6.07, 6.45) is 4.48. The molecule has 1 N–H and O–H groups in total. The Morgan fingerprint density at radius 3 is 2.50 bits per heavy atom. The largest absolute Gasteiger partial charge is 0.484 e. The van der Waals surface area contributed by atoms with E-state index < -0.39 is 9.84 Å². The number of hydrogen-bond acceptors (Lipinski definition) is 4. The summed E-state index contributed by atoms with van der Waals surface area (Å²) in [6, 6.07) is 12.0. The number of sulfone groups is 1. The fourth-order valence-electron chi connectivity index (χ4n) is 2.77. The van der Waals surface area contributed by atoms with Crippen LogP contribution in [-0.4, -0.2) is 27.2 Å². The summed E-state index contributed by atoms with van der Waals surface area (Å²) in [5.74, 6) is 0.404. The molecule has 2 aromatic rings. The Balaban J connectivity index is 1.56. The summed E-state index contributed by atoms with van der Waals surface area (Å²) in [7, 11) is -3.24. The third-order valence-corrected chi connectivity index (χ3v) is 5.13. The second-order valence-corrected chi connectivity index (χ2v) is 7.93. The van der Waals surface area contributed by atoms with Crippen LogP contribution in [0.15, 0.2) is 47.4 Å². The Morgan fingerprint density at radius 2 is 1.79 bits per heavy atom. The van der Waals surface area contributed by atoms with Gasteiger partial charge < -0.3 is 10.1 Å². The van der Waals surface area contributed by atoms with Gasteiger partial charge in [-0.1, -0.05) is 6.07 Å².